The predicted octanol–water partition coefficient (Wildman–Crippen LogP) is 5.68. The normalized spacial score (nSPS) is 10.2. The molecule has 1 heteroatoms. The lowest BCUT2D eigenvalue weighted by Gasteiger charge is -2.08. The molecule has 0 spiro atoms. The molecule has 0 bridgehead atoms. The van der Waals surface area contributed by atoms with E-state index in [1.807, 2.05) is 0 Å². The first-order valence-corrected chi connectivity index (χ1v) is 7.91. The van der Waals surface area contributed by atoms with Gasteiger partial charge in [0.15, 0.2) is 0 Å². The Kier molecular flexibility index (Phi) is 5.90. The van der Waals surface area contributed by atoms with Crippen molar-refractivity contribution in [3.8, 4) is 0 Å². The van der Waals surface area contributed by atoms with Gasteiger partial charge >= 0.3 is 0 Å². The van der Waals surface area contributed by atoms with Crippen LogP contribution in [0, 0.1) is 0 Å². The van der Waals surface area contributed by atoms with Gasteiger partial charge in [0, 0.05) is 5.33 Å². The second-order valence-electron chi connectivity index (χ2n) is 4.53. The minimum atomic E-state index is 1.09. The van der Waals surface area contributed by atoms with Crippen LogP contribution in [-0.4, -0.2) is 5.33 Å². The Morgan fingerprint density at radius 2 is 1.32 bits per heavy atom. The molecule has 19 heavy (non-hydrogen) atoms. The molecular weight excluding hydrogens is 296 g/mol. The maximum absolute atomic E-state index is 3.49. The highest BCUT2D eigenvalue weighted by Gasteiger charge is 2.03. The molecule has 0 aliphatic heterocycles. The average Bonchev–Trinajstić information content (AvgIpc) is 2.49. The van der Waals surface area contributed by atoms with Crippen molar-refractivity contribution >= 4 is 21.5 Å². The zero-order chi connectivity index (χ0) is 13.3. The number of rotatable bonds is 6. The third-order valence-electron chi connectivity index (χ3n) is 3.11. The number of halogens is 1. The van der Waals surface area contributed by atoms with E-state index < -0.39 is 0 Å². The number of alkyl halides is 1. The molecular formula is C18H19Br. The van der Waals surface area contributed by atoms with Crippen LogP contribution in [0.1, 0.15) is 30.4 Å². The highest BCUT2D eigenvalue weighted by molar-refractivity contribution is 9.09. The first-order chi connectivity index (χ1) is 9.42. The van der Waals surface area contributed by atoms with Gasteiger partial charge in [0.25, 0.3) is 0 Å². The minimum Gasteiger partial charge on any atom is -0.0928 e. The lowest BCUT2D eigenvalue weighted by molar-refractivity contribution is 0.827. The van der Waals surface area contributed by atoms with Gasteiger partial charge in [0.2, 0.25) is 0 Å². The molecule has 2 aromatic rings. The molecule has 0 unspecified atom stereocenters. The topological polar surface area (TPSA) is 0 Å². The Bertz CT molecular complexity index is 458. The van der Waals surface area contributed by atoms with Crippen LogP contribution in [0.3, 0.4) is 0 Å². The zero-order valence-electron chi connectivity index (χ0n) is 11.1. The molecule has 0 saturated carbocycles. The SMILES string of the molecule is BrCCCCC=C(c1ccccc1)c1ccccc1. The Labute approximate surface area is 124 Å². The van der Waals surface area contributed by atoms with Crippen molar-refractivity contribution in [2.24, 2.45) is 0 Å². The summed E-state index contributed by atoms with van der Waals surface area (Å²) in [5.41, 5.74) is 3.94. The molecule has 0 fully saturated rings. The summed E-state index contributed by atoms with van der Waals surface area (Å²) in [4.78, 5) is 0. The van der Waals surface area contributed by atoms with Crippen molar-refractivity contribution in [1.29, 1.82) is 0 Å². The van der Waals surface area contributed by atoms with Crippen LogP contribution >= 0.6 is 15.9 Å². The maximum atomic E-state index is 3.49. The lowest BCUT2D eigenvalue weighted by Crippen LogP contribution is -1.88. The predicted molar refractivity (Wildman–Crippen MR) is 87.6 cm³/mol. The molecule has 0 atom stereocenters. The monoisotopic (exact) mass is 314 g/mol. The number of hydrogen-bond donors (Lipinski definition) is 0. The number of hydrogen-bond acceptors (Lipinski definition) is 0. The molecule has 0 aromatic heterocycles. The van der Waals surface area contributed by atoms with Crippen LogP contribution in [-0.2, 0) is 0 Å². The molecule has 0 radical (unpaired) electrons. The van der Waals surface area contributed by atoms with Gasteiger partial charge in [0.1, 0.15) is 0 Å². The summed E-state index contributed by atoms with van der Waals surface area (Å²) >= 11 is 3.49. The Balaban J connectivity index is 2.24. The molecule has 0 amide bonds. The van der Waals surface area contributed by atoms with Crippen molar-refractivity contribution in [3.05, 3.63) is 77.9 Å². The van der Waals surface area contributed by atoms with Gasteiger partial charge in [-0.1, -0.05) is 82.7 Å². The Hall–Kier alpha value is -1.34. The molecule has 98 valence electrons. The van der Waals surface area contributed by atoms with Gasteiger partial charge in [-0.05, 0) is 36.0 Å². The molecule has 2 rings (SSSR count). The highest BCUT2D eigenvalue weighted by atomic mass is 79.9. The second kappa shape index (κ2) is 7.96. The van der Waals surface area contributed by atoms with E-state index in [2.05, 4.69) is 82.7 Å². The van der Waals surface area contributed by atoms with Crippen LogP contribution in [0.2, 0.25) is 0 Å². The fraction of sp³-hybridized carbons (Fsp3) is 0.222. The van der Waals surface area contributed by atoms with E-state index in [0.29, 0.717) is 0 Å². The fourth-order valence-corrected chi connectivity index (χ4v) is 2.52. The quantitative estimate of drug-likeness (QED) is 0.475. The van der Waals surface area contributed by atoms with Crippen LogP contribution < -0.4 is 0 Å². The maximum Gasteiger partial charge on any atom is 0.00314 e. The summed E-state index contributed by atoms with van der Waals surface area (Å²) in [6, 6.07) is 21.3. The number of allylic oxidation sites excluding steroid dienone is 1. The number of unbranched alkanes of at least 4 members (excludes halogenated alkanes) is 2. The van der Waals surface area contributed by atoms with Crippen LogP contribution in [0.4, 0.5) is 0 Å². The fourth-order valence-electron chi connectivity index (χ4n) is 2.12. The van der Waals surface area contributed by atoms with Gasteiger partial charge in [-0.3, -0.25) is 0 Å². The Morgan fingerprint density at radius 1 is 0.789 bits per heavy atom. The molecule has 0 aliphatic rings. The first-order valence-electron chi connectivity index (χ1n) is 6.79. The van der Waals surface area contributed by atoms with Crippen LogP contribution in [0.5, 0.6) is 0 Å². The third-order valence-corrected chi connectivity index (χ3v) is 3.67. The molecule has 0 nitrogen and oxygen atoms in total. The summed E-state index contributed by atoms with van der Waals surface area (Å²) in [6.07, 6.45) is 5.96. The van der Waals surface area contributed by atoms with Gasteiger partial charge in [-0.15, -0.1) is 0 Å². The summed E-state index contributed by atoms with van der Waals surface area (Å²) in [5.74, 6) is 0. The minimum absolute atomic E-state index is 1.09. The van der Waals surface area contributed by atoms with Crippen molar-refractivity contribution in [2.45, 2.75) is 19.3 Å². The van der Waals surface area contributed by atoms with Gasteiger partial charge in [-0.2, -0.15) is 0 Å². The van der Waals surface area contributed by atoms with Gasteiger partial charge < -0.3 is 0 Å². The smallest absolute Gasteiger partial charge is 0.00314 e. The van der Waals surface area contributed by atoms with Crippen molar-refractivity contribution < 1.29 is 0 Å². The van der Waals surface area contributed by atoms with E-state index in [1.54, 1.807) is 0 Å². The molecule has 0 N–H and O–H groups in total. The zero-order valence-corrected chi connectivity index (χ0v) is 12.6. The van der Waals surface area contributed by atoms with E-state index in [1.165, 1.54) is 29.5 Å². The van der Waals surface area contributed by atoms with E-state index in [0.717, 1.165) is 11.8 Å². The number of benzene rings is 2. The lowest BCUT2D eigenvalue weighted by atomic mass is 9.96. The largest absolute Gasteiger partial charge is 0.0928 e. The average molecular weight is 315 g/mol. The molecule has 0 saturated heterocycles. The van der Waals surface area contributed by atoms with Crippen LogP contribution in [0.15, 0.2) is 66.7 Å². The Morgan fingerprint density at radius 3 is 1.79 bits per heavy atom. The first kappa shape index (κ1) is 14.1. The van der Waals surface area contributed by atoms with E-state index in [4.69, 9.17) is 0 Å². The molecule has 2 aromatic carbocycles. The third kappa shape index (κ3) is 4.36. The second-order valence-corrected chi connectivity index (χ2v) is 5.33. The van der Waals surface area contributed by atoms with E-state index in [9.17, 15) is 0 Å². The summed E-state index contributed by atoms with van der Waals surface area (Å²) in [6.45, 7) is 0. The van der Waals surface area contributed by atoms with Crippen molar-refractivity contribution in [3.63, 3.8) is 0 Å². The standard InChI is InChI=1S/C18H19Br/c19-15-9-3-8-14-18(16-10-4-1-5-11-16)17-12-6-2-7-13-17/h1-2,4-7,10-14H,3,8-9,15H2. The molecule has 0 heterocycles. The van der Waals surface area contributed by atoms with Gasteiger partial charge in [0.05, 0.1) is 0 Å². The summed E-state index contributed by atoms with van der Waals surface area (Å²) in [5, 5.41) is 1.09. The molecule has 0 aliphatic carbocycles. The van der Waals surface area contributed by atoms with Crippen molar-refractivity contribution in [2.75, 3.05) is 5.33 Å². The summed E-state index contributed by atoms with van der Waals surface area (Å²) < 4.78 is 0. The van der Waals surface area contributed by atoms with Gasteiger partial charge in [-0.25, -0.2) is 0 Å². The summed E-state index contributed by atoms with van der Waals surface area (Å²) in [7, 11) is 0. The van der Waals surface area contributed by atoms with Crippen molar-refractivity contribution in [1.82, 2.24) is 0 Å². The van der Waals surface area contributed by atoms with Crippen LogP contribution in [0.25, 0.3) is 5.57 Å². The highest BCUT2D eigenvalue weighted by Crippen LogP contribution is 2.24. The van der Waals surface area contributed by atoms with E-state index in [-0.39, 0.29) is 0 Å². The van der Waals surface area contributed by atoms with E-state index >= 15 is 0 Å².